The average molecular weight is 413 g/mol. The van der Waals surface area contributed by atoms with Crippen LogP contribution in [-0.4, -0.2) is 57.7 Å². The maximum absolute atomic E-state index is 12.1. The summed E-state index contributed by atoms with van der Waals surface area (Å²) in [5.74, 6) is 4.90. The molecule has 8 nitrogen and oxygen atoms in total. The van der Waals surface area contributed by atoms with Gasteiger partial charge in [0, 0.05) is 31.1 Å². The van der Waals surface area contributed by atoms with Crippen LogP contribution >= 0.6 is 11.3 Å². The molecular weight excluding hydrogens is 394 g/mol. The number of nitrogens with two attached hydrogens (primary N) is 1. The number of aromatic nitrogens is 1. The Kier molecular flexibility index (Phi) is 4.38. The lowest BCUT2D eigenvalue weighted by atomic mass is 9.99. The quantitative estimate of drug-likeness (QED) is 0.583. The molecule has 29 heavy (non-hydrogen) atoms. The third-order valence-electron chi connectivity index (χ3n) is 4.99. The lowest BCUT2D eigenvalue weighted by Crippen LogP contribution is -2.37. The number of carbonyl (C=O) groups excluding carboxylic acids is 2. The lowest BCUT2D eigenvalue weighted by Gasteiger charge is -2.19. The molecule has 0 bridgehead atoms. The van der Waals surface area contributed by atoms with Crippen molar-refractivity contribution in [2.75, 3.05) is 20.2 Å². The fraction of sp³-hybridized carbons (Fsp3) is 0.350. The Morgan fingerprint density at radius 2 is 2.17 bits per heavy atom. The molecule has 1 fully saturated rings. The van der Waals surface area contributed by atoms with Gasteiger partial charge in [0.1, 0.15) is 18.0 Å². The van der Waals surface area contributed by atoms with Gasteiger partial charge in [-0.25, -0.2) is 4.98 Å². The summed E-state index contributed by atoms with van der Waals surface area (Å²) < 4.78 is 5.73. The lowest BCUT2D eigenvalue weighted by molar-refractivity contribution is -0.137. The second kappa shape index (κ2) is 6.56. The van der Waals surface area contributed by atoms with Crippen molar-refractivity contribution in [3.05, 3.63) is 33.6 Å². The van der Waals surface area contributed by atoms with Crippen LogP contribution in [0.5, 0.6) is 5.75 Å². The number of benzene rings is 1. The number of rotatable bonds is 1. The molecule has 1 aromatic heterocycles. The smallest absolute Gasteiger partial charge is 0.277 e. The van der Waals surface area contributed by atoms with Gasteiger partial charge in [-0.3, -0.25) is 9.59 Å². The van der Waals surface area contributed by atoms with Crippen molar-refractivity contribution in [3.8, 4) is 28.8 Å². The number of thiazole rings is 1. The number of likely N-dealkylation sites (tertiary alicyclic amines) is 1. The highest BCUT2D eigenvalue weighted by Crippen LogP contribution is 2.43. The van der Waals surface area contributed by atoms with Gasteiger partial charge in [0.05, 0.1) is 10.6 Å². The largest absolute Gasteiger partial charge is 0.489 e. The number of ether oxygens (including phenoxy) is 1. The molecule has 4 N–H and O–H groups in total. The van der Waals surface area contributed by atoms with E-state index in [0.717, 1.165) is 11.3 Å². The summed E-state index contributed by atoms with van der Waals surface area (Å²) in [6.07, 6.45) is 0.241. The van der Waals surface area contributed by atoms with Gasteiger partial charge in [0.2, 0.25) is 5.60 Å². The van der Waals surface area contributed by atoms with Crippen molar-refractivity contribution < 1.29 is 24.5 Å². The van der Waals surface area contributed by atoms with Gasteiger partial charge in [0.15, 0.2) is 5.01 Å². The first kappa shape index (κ1) is 19.4. The summed E-state index contributed by atoms with van der Waals surface area (Å²) in [4.78, 5) is 29.9. The maximum atomic E-state index is 12.1. The van der Waals surface area contributed by atoms with Crippen molar-refractivity contribution >= 4 is 23.2 Å². The summed E-state index contributed by atoms with van der Waals surface area (Å²) in [6, 6.07) is 5.07. The standard InChI is InChI=1S/C20H19N3O5S/c1-19(26)10-28-13-4-3-11(5-6-20(27)7-8-23(2)18(20)25)9-12(13)14-15(19)29-17(22-14)16(21)24/h3-4,9,26-27H,7-8,10H2,1-2H3,(H2,21,24)/t19-,20+/m1/s1. The molecule has 2 amide bonds. The Labute approximate surface area is 170 Å². The maximum Gasteiger partial charge on any atom is 0.277 e. The molecule has 1 saturated heterocycles. The van der Waals surface area contributed by atoms with Gasteiger partial charge in [-0.2, -0.15) is 0 Å². The van der Waals surface area contributed by atoms with Crippen molar-refractivity contribution in [2.24, 2.45) is 5.73 Å². The van der Waals surface area contributed by atoms with Crippen molar-refractivity contribution in [1.82, 2.24) is 9.88 Å². The van der Waals surface area contributed by atoms with Crippen LogP contribution in [0.25, 0.3) is 11.3 Å². The molecule has 0 radical (unpaired) electrons. The van der Waals surface area contributed by atoms with E-state index in [1.165, 1.54) is 4.90 Å². The Hall–Kier alpha value is -2.93. The Morgan fingerprint density at radius 1 is 1.41 bits per heavy atom. The van der Waals surface area contributed by atoms with Crippen LogP contribution in [-0.2, 0) is 10.4 Å². The number of hydrogen-bond acceptors (Lipinski definition) is 7. The fourth-order valence-corrected chi connectivity index (χ4v) is 4.28. The number of carbonyl (C=O) groups is 2. The van der Waals surface area contributed by atoms with E-state index in [4.69, 9.17) is 10.5 Å². The Bertz CT molecular complexity index is 1100. The Morgan fingerprint density at radius 3 is 2.83 bits per heavy atom. The van der Waals surface area contributed by atoms with Crippen LogP contribution in [0.1, 0.15) is 33.6 Å². The van der Waals surface area contributed by atoms with Crippen LogP contribution in [0.4, 0.5) is 0 Å². The molecule has 2 aliphatic heterocycles. The zero-order chi connectivity index (χ0) is 21.0. The molecule has 1 aromatic carbocycles. The molecule has 3 heterocycles. The molecular formula is C20H19N3O5S. The third kappa shape index (κ3) is 3.25. The van der Waals surface area contributed by atoms with E-state index in [1.54, 1.807) is 32.2 Å². The SMILES string of the molecule is CN1CC[C@@](O)(C#Cc2ccc3c(c2)-c2nc(C(N)=O)sc2[C@](C)(O)CO3)C1=O. The van der Waals surface area contributed by atoms with E-state index in [1.807, 2.05) is 0 Å². The topological polar surface area (TPSA) is 126 Å². The average Bonchev–Trinajstić information content (AvgIpc) is 3.21. The van der Waals surface area contributed by atoms with Crippen molar-refractivity contribution in [1.29, 1.82) is 0 Å². The van der Waals surface area contributed by atoms with E-state index >= 15 is 0 Å². The summed E-state index contributed by atoms with van der Waals surface area (Å²) in [7, 11) is 1.62. The van der Waals surface area contributed by atoms with E-state index in [9.17, 15) is 19.8 Å². The second-order valence-corrected chi connectivity index (χ2v) is 8.42. The summed E-state index contributed by atoms with van der Waals surface area (Å²) in [6.45, 7) is 2.01. The fourth-order valence-electron chi connectivity index (χ4n) is 3.32. The highest BCUT2D eigenvalue weighted by Gasteiger charge is 2.42. The van der Waals surface area contributed by atoms with Crippen LogP contribution in [0.15, 0.2) is 18.2 Å². The minimum atomic E-state index is -1.70. The molecule has 0 spiro atoms. The summed E-state index contributed by atoms with van der Waals surface area (Å²) >= 11 is 1.02. The molecule has 150 valence electrons. The van der Waals surface area contributed by atoms with E-state index in [2.05, 4.69) is 16.8 Å². The van der Waals surface area contributed by atoms with Gasteiger partial charge >= 0.3 is 0 Å². The number of amides is 2. The van der Waals surface area contributed by atoms with Gasteiger partial charge in [-0.05, 0) is 25.1 Å². The first-order valence-electron chi connectivity index (χ1n) is 8.92. The highest BCUT2D eigenvalue weighted by atomic mass is 32.1. The Balaban J connectivity index is 1.79. The molecule has 0 unspecified atom stereocenters. The van der Waals surface area contributed by atoms with Gasteiger partial charge in [0.25, 0.3) is 11.8 Å². The molecule has 2 atom stereocenters. The first-order valence-corrected chi connectivity index (χ1v) is 9.74. The van der Waals surface area contributed by atoms with Crippen molar-refractivity contribution in [2.45, 2.75) is 24.5 Å². The number of nitrogens with zero attached hydrogens (tertiary/aromatic N) is 2. The van der Waals surface area contributed by atoms with E-state index < -0.39 is 23.0 Å². The predicted octanol–water partition coefficient (Wildman–Crippen LogP) is 0.454. The third-order valence-corrected chi connectivity index (χ3v) is 6.32. The molecule has 2 aliphatic rings. The second-order valence-electron chi connectivity index (χ2n) is 7.42. The minimum absolute atomic E-state index is 0.0149. The molecule has 0 aliphatic carbocycles. The number of likely N-dealkylation sites (N-methyl/N-ethyl adjacent to an activating group) is 1. The zero-order valence-electron chi connectivity index (χ0n) is 15.9. The van der Waals surface area contributed by atoms with Crippen LogP contribution in [0, 0.1) is 11.8 Å². The summed E-state index contributed by atoms with van der Waals surface area (Å²) in [5, 5.41) is 21.3. The van der Waals surface area contributed by atoms with Gasteiger partial charge < -0.3 is 25.6 Å². The zero-order valence-corrected chi connectivity index (χ0v) is 16.7. The summed E-state index contributed by atoms with van der Waals surface area (Å²) in [5.41, 5.74) is 3.81. The number of fused-ring (bicyclic) bond motifs is 3. The minimum Gasteiger partial charge on any atom is -0.489 e. The predicted molar refractivity (Wildman–Crippen MR) is 105 cm³/mol. The van der Waals surface area contributed by atoms with Crippen LogP contribution in [0.2, 0.25) is 0 Å². The van der Waals surface area contributed by atoms with E-state index in [-0.39, 0.29) is 18.0 Å². The van der Waals surface area contributed by atoms with Crippen molar-refractivity contribution in [3.63, 3.8) is 0 Å². The van der Waals surface area contributed by atoms with Crippen LogP contribution in [0.3, 0.4) is 0 Å². The van der Waals surface area contributed by atoms with Gasteiger partial charge in [-0.1, -0.05) is 11.8 Å². The van der Waals surface area contributed by atoms with E-state index in [0.29, 0.717) is 34.0 Å². The molecule has 9 heteroatoms. The molecule has 0 saturated carbocycles. The highest BCUT2D eigenvalue weighted by molar-refractivity contribution is 7.14. The first-order chi connectivity index (χ1) is 13.6. The van der Waals surface area contributed by atoms with Crippen LogP contribution < -0.4 is 10.5 Å². The number of primary amides is 1. The molecule has 2 aromatic rings. The monoisotopic (exact) mass is 413 g/mol. The van der Waals surface area contributed by atoms with Gasteiger partial charge in [-0.15, -0.1) is 11.3 Å². The number of hydrogen-bond donors (Lipinski definition) is 3. The molecule has 4 rings (SSSR count). The number of aliphatic hydroxyl groups is 2. The normalized spacial score (nSPS) is 25.4.